The van der Waals surface area contributed by atoms with Gasteiger partial charge in [-0.15, -0.1) is 10.2 Å². The number of Topliss-reactive ketones (excluding diaryl/α,β-unsaturated/α-hetero) is 1. The molecule has 0 saturated carbocycles. The molecule has 0 aliphatic carbocycles. The molecule has 1 aliphatic heterocycles. The summed E-state index contributed by atoms with van der Waals surface area (Å²) in [6.45, 7) is 1.08. The highest BCUT2D eigenvalue weighted by Gasteiger charge is 2.29. The van der Waals surface area contributed by atoms with Crippen molar-refractivity contribution in [2.75, 3.05) is 34.3 Å². The van der Waals surface area contributed by atoms with Gasteiger partial charge in [0.2, 0.25) is 11.7 Å². The van der Waals surface area contributed by atoms with Crippen LogP contribution in [0, 0.1) is 11.7 Å². The van der Waals surface area contributed by atoms with E-state index < -0.39 is 11.7 Å². The number of carbonyl (C=O) groups is 3. The molecule has 11 heteroatoms. The normalized spacial score (nSPS) is 14.3. The van der Waals surface area contributed by atoms with E-state index in [9.17, 15) is 18.8 Å². The van der Waals surface area contributed by atoms with E-state index in [-0.39, 0.29) is 34.8 Å². The molecule has 2 amide bonds. The summed E-state index contributed by atoms with van der Waals surface area (Å²) < 4.78 is 19.7. The van der Waals surface area contributed by atoms with Crippen molar-refractivity contribution < 1.29 is 23.5 Å². The second kappa shape index (κ2) is 9.54. The van der Waals surface area contributed by atoms with Gasteiger partial charge in [-0.3, -0.25) is 18.8 Å². The number of fused-ring (bicyclic) bond motifs is 1. The van der Waals surface area contributed by atoms with E-state index in [1.165, 1.54) is 43.9 Å². The second-order valence-electron chi connectivity index (χ2n) is 8.45. The number of likely N-dealkylation sites (tertiary alicyclic amines) is 1. The zero-order valence-corrected chi connectivity index (χ0v) is 19.2. The summed E-state index contributed by atoms with van der Waals surface area (Å²) in [7, 11) is 4.31. The van der Waals surface area contributed by atoms with Gasteiger partial charge in [0, 0.05) is 33.4 Å². The highest BCUT2D eigenvalue weighted by atomic mass is 19.1. The first-order valence-electron chi connectivity index (χ1n) is 10.9. The van der Waals surface area contributed by atoms with Gasteiger partial charge >= 0.3 is 0 Å². The summed E-state index contributed by atoms with van der Waals surface area (Å²) in [6, 6.07) is 6.49. The van der Waals surface area contributed by atoms with Gasteiger partial charge in [-0.2, -0.15) is 4.98 Å². The number of amides is 2. The summed E-state index contributed by atoms with van der Waals surface area (Å²) in [4.78, 5) is 45.0. The molecule has 1 saturated heterocycles. The van der Waals surface area contributed by atoms with Crippen molar-refractivity contribution >= 4 is 23.4 Å². The maximum atomic E-state index is 13.3. The Morgan fingerprint density at radius 3 is 2.41 bits per heavy atom. The number of likely N-dealkylation sites (N-methyl/N-ethyl adjacent to an activating group) is 1. The maximum Gasteiger partial charge on any atom is 0.297 e. The predicted molar refractivity (Wildman–Crippen MR) is 119 cm³/mol. The van der Waals surface area contributed by atoms with Crippen LogP contribution >= 0.6 is 0 Å². The lowest BCUT2D eigenvalue weighted by Gasteiger charge is -2.32. The Balaban J connectivity index is 1.52. The molecule has 1 aromatic carbocycles. The largest absolute Gasteiger partial charge is 0.480 e. The molecule has 3 aromatic rings. The molecular formula is C23H25FN6O4. The molecular weight excluding hydrogens is 443 g/mol. The SMILES string of the molecule is COc1nc2nnc(C(=O)C(=O)N(C)C)n2cc1C(=O)N1CCC(Cc2ccc(F)cc2)CC1. The Hall–Kier alpha value is -3.89. The zero-order chi connectivity index (χ0) is 24.4. The number of aromatic nitrogens is 4. The molecule has 2 aromatic heterocycles. The molecule has 0 atom stereocenters. The third-order valence-corrected chi connectivity index (χ3v) is 5.93. The molecule has 178 valence electrons. The molecule has 10 nitrogen and oxygen atoms in total. The van der Waals surface area contributed by atoms with Crippen LogP contribution in [-0.4, -0.2) is 81.3 Å². The van der Waals surface area contributed by atoms with Crippen molar-refractivity contribution in [2.24, 2.45) is 5.92 Å². The molecule has 0 bridgehead atoms. The maximum absolute atomic E-state index is 13.3. The lowest BCUT2D eigenvalue weighted by Crippen LogP contribution is -2.39. The van der Waals surface area contributed by atoms with Gasteiger partial charge in [-0.1, -0.05) is 12.1 Å². The van der Waals surface area contributed by atoms with E-state index in [4.69, 9.17) is 4.74 Å². The van der Waals surface area contributed by atoms with Crippen LogP contribution in [0.1, 0.15) is 39.4 Å². The highest BCUT2D eigenvalue weighted by molar-refractivity contribution is 6.41. The lowest BCUT2D eigenvalue weighted by molar-refractivity contribution is -0.124. The summed E-state index contributed by atoms with van der Waals surface area (Å²) in [6.07, 6.45) is 3.82. The quantitative estimate of drug-likeness (QED) is 0.400. The number of benzene rings is 1. The van der Waals surface area contributed by atoms with Crippen molar-refractivity contribution in [1.82, 2.24) is 29.4 Å². The number of hydrogen-bond acceptors (Lipinski definition) is 7. The number of ketones is 1. The van der Waals surface area contributed by atoms with E-state index in [0.717, 1.165) is 29.7 Å². The average molecular weight is 468 g/mol. The Kier molecular flexibility index (Phi) is 6.53. The fourth-order valence-electron chi connectivity index (χ4n) is 4.03. The average Bonchev–Trinajstić information content (AvgIpc) is 3.26. The molecule has 0 spiro atoms. The summed E-state index contributed by atoms with van der Waals surface area (Å²) in [5, 5.41) is 7.63. The fourth-order valence-corrected chi connectivity index (χ4v) is 4.03. The Morgan fingerprint density at radius 1 is 1.12 bits per heavy atom. The topological polar surface area (TPSA) is 110 Å². The van der Waals surface area contributed by atoms with E-state index in [1.54, 1.807) is 17.0 Å². The van der Waals surface area contributed by atoms with Crippen LogP contribution in [0.4, 0.5) is 4.39 Å². The zero-order valence-electron chi connectivity index (χ0n) is 19.2. The number of piperidine rings is 1. The van der Waals surface area contributed by atoms with Crippen LogP contribution in [0.2, 0.25) is 0 Å². The second-order valence-corrected chi connectivity index (χ2v) is 8.45. The van der Waals surface area contributed by atoms with Crippen LogP contribution in [0.5, 0.6) is 5.88 Å². The molecule has 1 fully saturated rings. The van der Waals surface area contributed by atoms with Crippen molar-refractivity contribution in [1.29, 1.82) is 0 Å². The van der Waals surface area contributed by atoms with E-state index in [0.29, 0.717) is 19.0 Å². The monoisotopic (exact) mass is 468 g/mol. The molecule has 4 rings (SSSR count). The third-order valence-electron chi connectivity index (χ3n) is 5.93. The van der Waals surface area contributed by atoms with Crippen molar-refractivity contribution in [3.05, 3.63) is 53.2 Å². The Bertz CT molecular complexity index is 1230. The van der Waals surface area contributed by atoms with Crippen LogP contribution in [0.25, 0.3) is 5.78 Å². The van der Waals surface area contributed by atoms with Gasteiger partial charge in [0.15, 0.2) is 0 Å². The van der Waals surface area contributed by atoms with Crippen LogP contribution in [0.3, 0.4) is 0 Å². The van der Waals surface area contributed by atoms with Crippen molar-refractivity contribution in [3.63, 3.8) is 0 Å². The van der Waals surface area contributed by atoms with Crippen LogP contribution in [-0.2, 0) is 11.2 Å². The van der Waals surface area contributed by atoms with Gasteiger partial charge < -0.3 is 14.5 Å². The minimum Gasteiger partial charge on any atom is -0.480 e. The number of halogens is 1. The first-order chi connectivity index (χ1) is 16.3. The molecule has 1 aliphatic rings. The number of methoxy groups -OCH3 is 1. The van der Waals surface area contributed by atoms with E-state index >= 15 is 0 Å². The number of rotatable bonds is 6. The number of ether oxygens (including phenoxy) is 1. The fraction of sp³-hybridized carbons (Fsp3) is 0.391. The summed E-state index contributed by atoms with van der Waals surface area (Å²) in [5.41, 5.74) is 1.22. The molecule has 0 N–H and O–H groups in total. The van der Waals surface area contributed by atoms with Gasteiger partial charge in [0.05, 0.1) is 7.11 Å². The van der Waals surface area contributed by atoms with Crippen LogP contribution in [0.15, 0.2) is 30.5 Å². The smallest absolute Gasteiger partial charge is 0.297 e. The lowest BCUT2D eigenvalue weighted by atomic mass is 9.90. The Labute approximate surface area is 195 Å². The van der Waals surface area contributed by atoms with E-state index in [1.807, 2.05) is 0 Å². The van der Waals surface area contributed by atoms with Gasteiger partial charge in [0.25, 0.3) is 23.4 Å². The minimum atomic E-state index is -0.857. The number of nitrogens with zero attached hydrogens (tertiary/aromatic N) is 6. The van der Waals surface area contributed by atoms with Gasteiger partial charge in [-0.25, -0.2) is 4.39 Å². The Morgan fingerprint density at radius 2 is 1.79 bits per heavy atom. The predicted octanol–water partition coefficient (Wildman–Crippen LogP) is 1.64. The van der Waals surface area contributed by atoms with Gasteiger partial charge in [0.1, 0.15) is 11.4 Å². The summed E-state index contributed by atoms with van der Waals surface area (Å²) >= 11 is 0. The van der Waals surface area contributed by atoms with Gasteiger partial charge in [-0.05, 0) is 42.9 Å². The molecule has 3 heterocycles. The first-order valence-corrected chi connectivity index (χ1v) is 10.9. The van der Waals surface area contributed by atoms with Crippen molar-refractivity contribution in [3.8, 4) is 5.88 Å². The molecule has 34 heavy (non-hydrogen) atoms. The standard InChI is InChI=1S/C23H25FN6O4/c1-28(2)22(33)18(31)19-26-27-23-25-20(34-3)17(13-30(19)23)21(32)29-10-8-15(9-11-29)12-14-4-6-16(24)7-5-14/h4-7,13,15H,8-12H2,1-3H3. The number of hydrogen-bond donors (Lipinski definition) is 0. The third kappa shape index (κ3) is 4.59. The molecule has 0 unspecified atom stereocenters. The minimum absolute atomic E-state index is 0.0429. The van der Waals surface area contributed by atoms with E-state index in [2.05, 4.69) is 15.2 Å². The first kappa shape index (κ1) is 23.3. The van der Waals surface area contributed by atoms with Crippen LogP contribution < -0.4 is 4.74 Å². The molecule has 0 radical (unpaired) electrons. The highest BCUT2D eigenvalue weighted by Crippen LogP contribution is 2.25. The van der Waals surface area contributed by atoms with Crippen molar-refractivity contribution in [2.45, 2.75) is 19.3 Å². The summed E-state index contributed by atoms with van der Waals surface area (Å²) in [5.74, 6) is -1.90. The number of carbonyl (C=O) groups excluding carboxylic acids is 3.